The standard InChI is InChI=1S/C16H18N2O5/c1-22-11-6-10(7-16(20)21)18(9-11)15(19)8-13-12-4-2-3-5-14(12)23-17-13/h2-5,10-11H,6-9H2,1H3,(H,20,21). The SMILES string of the molecule is COC1CC(CC(=O)O)N(C(=O)Cc2noc3ccccc23)C1. The predicted molar refractivity (Wildman–Crippen MR) is 80.9 cm³/mol. The van der Waals surface area contributed by atoms with Crippen molar-refractivity contribution in [3.63, 3.8) is 0 Å². The predicted octanol–water partition coefficient (Wildman–Crippen LogP) is 1.46. The van der Waals surface area contributed by atoms with Crippen LogP contribution in [-0.2, 0) is 20.7 Å². The Hall–Kier alpha value is -2.41. The normalized spacial score (nSPS) is 21.0. The van der Waals surface area contributed by atoms with E-state index in [4.69, 9.17) is 14.4 Å². The number of rotatable bonds is 5. The molecule has 1 aromatic carbocycles. The maximum Gasteiger partial charge on any atom is 0.305 e. The van der Waals surface area contributed by atoms with E-state index in [9.17, 15) is 9.59 Å². The van der Waals surface area contributed by atoms with Crippen LogP contribution < -0.4 is 0 Å². The average molecular weight is 318 g/mol. The van der Waals surface area contributed by atoms with E-state index in [-0.39, 0.29) is 30.9 Å². The first-order valence-corrected chi connectivity index (χ1v) is 7.46. The van der Waals surface area contributed by atoms with Crippen molar-refractivity contribution in [2.45, 2.75) is 31.4 Å². The number of carboxylic acids is 1. The second kappa shape index (κ2) is 6.37. The molecule has 1 aliphatic heterocycles. The molecule has 2 aromatic rings. The molecule has 3 rings (SSSR count). The minimum atomic E-state index is -0.920. The second-order valence-electron chi connectivity index (χ2n) is 5.69. The topological polar surface area (TPSA) is 92.9 Å². The largest absolute Gasteiger partial charge is 0.481 e. The fourth-order valence-electron chi connectivity index (χ4n) is 3.06. The summed E-state index contributed by atoms with van der Waals surface area (Å²) in [5, 5.41) is 13.8. The van der Waals surface area contributed by atoms with Crippen molar-refractivity contribution < 1.29 is 24.0 Å². The number of carbonyl (C=O) groups excluding carboxylic acids is 1. The van der Waals surface area contributed by atoms with Gasteiger partial charge < -0.3 is 19.3 Å². The first kappa shape index (κ1) is 15.5. The third-order valence-corrected chi connectivity index (χ3v) is 4.21. The van der Waals surface area contributed by atoms with Crippen molar-refractivity contribution in [2.24, 2.45) is 0 Å². The lowest BCUT2D eigenvalue weighted by Gasteiger charge is -2.22. The number of nitrogens with zero attached hydrogens (tertiary/aromatic N) is 2. The number of amides is 1. The Balaban J connectivity index is 1.77. The van der Waals surface area contributed by atoms with Crippen LogP contribution in [0, 0.1) is 0 Å². The average Bonchev–Trinajstić information content (AvgIpc) is 3.11. The van der Waals surface area contributed by atoms with Gasteiger partial charge in [0.2, 0.25) is 5.91 Å². The summed E-state index contributed by atoms with van der Waals surface area (Å²) in [5.74, 6) is -1.08. The second-order valence-corrected chi connectivity index (χ2v) is 5.69. The van der Waals surface area contributed by atoms with Crippen LogP contribution >= 0.6 is 0 Å². The van der Waals surface area contributed by atoms with Gasteiger partial charge >= 0.3 is 5.97 Å². The highest BCUT2D eigenvalue weighted by molar-refractivity contribution is 5.86. The van der Waals surface area contributed by atoms with E-state index >= 15 is 0 Å². The Morgan fingerprint density at radius 2 is 2.22 bits per heavy atom. The Kier molecular flexibility index (Phi) is 4.29. The molecular weight excluding hydrogens is 300 g/mol. The zero-order chi connectivity index (χ0) is 16.4. The molecule has 0 aliphatic carbocycles. The van der Waals surface area contributed by atoms with E-state index in [2.05, 4.69) is 5.16 Å². The first-order chi connectivity index (χ1) is 11.1. The fourth-order valence-corrected chi connectivity index (χ4v) is 3.06. The molecule has 1 amide bonds. The Morgan fingerprint density at radius 3 is 2.96 bits per heavy atom. The number of fused-ring (bicyclic) bond motifs is 1. The molecule has 23 heavy (non-hydrogen) atoms. The van der Waals surface area contributed by atoms with Gasteiger partial charge in [-0.3, -0.25) is 9.59 Å². The van der Waals surface area contributed by atoms with Gasteiger partial charge in [0.1, 0.15) is 5.69 Å². The molecule has 1 saturated heterocycles. The highest BCUT2D eigenvalue weighted by atomic mass is 16.5. The van der Waals surface area contributed by atoms with Crippen LogP contribution in [0.3, 0.4) is 0 Å². The van der Waals surface area contributed by atoms with E-state index in [1.807, 2.05) is 18.2 Å². The molecule has 1 fully saturated rings. The van der Waals surface area contributed by atoms with E-state index < -0.39 is 5.97 Å². The fraction of sp³-hybridized carbons (Fsp3) is 0.438. The molecule has 122 valence electrons. The zero-order valence-electron chi connectivity index (χ0n) is 12.8. The Bertz CT molecular complexity index is 726. The lowest BCUT2D eigenvalue weighted by molar-refractivity contribution is -0.139. The summed E-state index contributed by atoms with van der Waals surface area (Å²) in [6.07, 6.45) is 0.417. The summed E-state index contributed by atoms with van der Waals surface area (Å²) in [6.45, 7) is 0.406. The van der Waals surface area contributed by atoms with Crippen LogP contribution in [0.25, 0.3) is 11.0 Å². The van der Waals surface area contributed by atoms with Crippen molar-refractivity contribution >= 4 is 22.8 Å². The number of methoxy groups -OCH3 is 1. The molecule has 0 bridgehead atoms. The molecule has 2 atom stereocenters. The minimum Gasteiger partial charge on any atom is -0.481 e. The molecule has 1 N–H and O–H groups in total. The van der Waals surface area contributed by atoms with Gasteiger partial charge in [0, 0.05) is 25.1 Å². The molecule has 2 unspecified atom stereocenters. The van der Waals surface area contributed by atoms with Crippen molar-refractivity contribution in [1.82, 2.24) is 10.1 Å². The lowest BCUT2D eigenvalue weighted by atomic mass is 10.1. The number of para-hydroxylation sites is 1. The van der Waals surface area contributed by atoms with Gasteiger partial charge in [-0.1, -0.05) is 17.3 Å². The number of likely N-dealkylation sites (tertiary alicyclic amines) is 1. The van der Waals surface area contributed by atoms with Gasteiger partial charge in [-0.05, 0) is 18.6 Å². The minimum absolute atomic E-state index is 0.0782. The highest BCUT2D eigenvalue weighted by Crippen LogP contribution is 2.25. The van der Waals surface area contributed by atoms with Gasteiger partial charge in [-0.2, -0.15) is 0 Å². The summed E-state index contributed by atoms with van der Waals surface area (Å²) in [7, 11) is 1.57. The maximum absolute atomic E-state index is 12.6. The number of aromatic nitrogens is 1. The number of carboxylic acid groups (broad SMARTS) is 1. The van der Waals surface area contributed by atoms with Crippen LogP contribution in [0.1, 0.15) is 18.5 Å². The molecule has 0 radical (unpaired) electrons. The van der Waals surface area contributed by atoms with Gasteiger partial charge in [0.05, 0.1) is 18.9 Å². The summed E-state index contributed by atoms with van der Waals surface area (Å²) < 4.78 is 10.5. The van der Waals surface area contributed by atoms with Gasteiger partial charge in [0.15, 0.2) is 5.58 Å². The van der Waals surface area contributed by atoms with Crippen molar-refractivity contribution in [1.29, 1.82) is 0 Å². The monoisotopic (exact) mass is 318 g/mol. The molecule has 7 heteroatoms. The Morgan fingerprint density at radius 1 is 1.43 bits per heavy atom. The molecule has 0 saturated carbocycles. The maximum atomic E-state index is 12.6. The van der Waals surface area contributed by atoms with Crippen molar-refractivity contribution in [2.75, 3.05) is 13.7 Å². The van der Waals surface area contributed by atoms with E-state index in [1.54, 1.807) is 18.1 Å². The lowest BCUT2D eigenvalue weighted by Crippen LogP contribution is -2.38. The third kappa shape index (κ3) is 3.19. The van der Waals surface area contributed by atoms with Crippen LogP contribution in [0.15, 0.2) is 28.8 Å². The van der Waals surface area contributed by atoms with Crippen LogP contribution in [0.4, 0.5) is 0 Å². The van der Waals surface area contributed by atoms with Crippen molar-refractivity contribution in [3.8, 4) is 0 Å². The summed E-state index contributed by atoms with van der Waals surface area (Å²) in [6, 6.07) is 7.00. The number of hydrogen-bond acceptors (Lipinski definition) is 5. The number of hydrogen-bond donors (Lipinski definition) is 1. The van der Waals surface area contributed by atoms with E-state index in [1.165, 1.54) is 0 Å². The Labute approximate surface area is 132 Å². The number of ether oxygens (including phenoxy) is 1. The molecule has 2 heterocycles. The summed E-state index contributed by atoms with van der Waals surface area (Å²) in [5.41, 5.74) is 1.20. The van der Waals surface area contributed by atoms with Crippen LogP contribution in [-0.4, -0.2) is 52.8 Å². The van der Waals surface area contributed by atoms with Crippen molar-refractivity contribution in [3.05, 3.63) is 30.0 Å². The van der Waals surface area contributed by atoms with Crippen LogP contribution in [0.5, 0.6) is 0 Å². The smallest absolute Gasteiger partial charge is 0.305 e. The van der Waals surface area contributed by atoms with Crippen LogP contribution in [0.2, 0.25) is 0 Å². The molecule has 1 aromatic heterocycles. The molecule has 1 aliphatic rings. The number of aliphatic carboxylic acids is 1. The number of benzene rings is 1. The molecule has 0 spiro atoms. The highest BCUT2D eigenvalue weighted by Gasteiger charge is 2.36. The number of carbonyl (C=O) groups is 2. The quantitative estimate of drug-likeness (QED) is 0.897. The summed E-state index contributed by atoms with van der Waals surface area (Å²) in [4.78, 5) is 25.2. The van der Waals surface area contributed by atoms with Gasteiger partial charge in [-0.15, -0.1) is 0 Å². The van der Waals surface area contributed by atoms with Gasteiger partial charge in [-0.25, -0.2) is 0 Å². The van der Waals surface area contributed by atoms with E-state index in [0.717, 1.165) is 5.39 Å². The molecular formula is C16H18N2O5. The zero-order valence-corrected chi connectivity index (χ0v) is 12.8. The van der Waals surface area contributed by atoms with E-state index in [0.29, 0.717) is 24.2 Å². The third-order valence-electron chi connectivity index (χ3n) is 4.21. The molecule has 7 nitrogen and oxygen atoms in total. The first-order valence-electron chi connectivity index (χ1n) is 7.46. The summed E-state index contributed by atoms with van der Waals surface area (Å²) >= 11 is 0. The van der Waals surface area contributed by atoms with Gasteiger partial charge in [0.25, 0.3) is 0 Å².